The smallest absolute Gasteiger partial charge is 0.333 e. The van der Waals surface area contributed by atoms with Crippen molar-refractivity contribution in [3.05, 3.63) is 12.2 Å². The van der Waals surface area contributed by atoms with Crippen molar-refractivity contribution < 1.29 is 19.1 Å². The van der Waals surface area contributed by atoms with Crippen LogP contribution in [0, 0.1) is 5.92 Å². The maximum atomic E-state index is 12.1. The number of amides is 1. The van der Waals surface area contributed by atoms with Gasteiger partial charge in [0.1, 0.15) is 0 Å². The summed E-state index contributed by atoms with van der Waals surface area (Å²) in [6, 6.07) is 0. The average molecular weight is 255 g/mol. The third-order valence-electron chi connectivity index (χ3n) is 2.86. The fraction of sp³-hybridized carbons (Fsp3) is 0.692. The Labute approximate surface area is 108 Å². The first-order valence-electron chi connectivity index (χ1n) is 6.27. The number of carbonyl (C=O) groups excluding carboxylic acids is 2. The fourth-order valence-corrected chi connectivity index (χ4v) is 1.87. The molecule has 5 nitrogen and oxygen atoms in total. The Morgan fingerprint density at radius 1 is 1.39 bits per heavy atom. The highest BCUT2D eigenvalue weighted by Gasteiger charge is 2.24. The van der Waals surface area contributed by atoms with Gasteiger partial charge >= 0.3 is 5.97 Å². The second kappa shape index (κ2) is 7.16. The predicted molar refractivity (Wildman–Crippen MR) is 67.0 cm³/mol. The third kappa shape index (κ3) is 4.14. The number of carbonyl (C=O) groups is 2. The van der Waals surface area contributed by atoms with Crippen molar-refractivity contribution in [2.75, 3.05) is 32.9 Å². The topological polar surface area (TPSA) is 55.8 Å². The number of hydrogen-bond acceptors (Lipinski definition) is 4. The number of nitrogens with zero attached hydrogens (tertiary/aromatic N) is 1. The van der Waals surface area contributed by atoms with Crippen molar-refractivity contribution in [2.24, 2.45) is 5.92 Å². The fourth-order valence-electron chi connectivity index (χ4n) is 1.87. The van der Waals surface area contributed by atoms with Crippen LogP contribution in [-0.2, 0) is 19.1 Å². The minimum Gasteiger partial charge on any atom is -0.463 e. The van der Waals surface area contributed by atoms with Gasteiger partial charge in [0, 0.05) is 24.6 Å². The molecule has 0 bridgehead atoms. The summed E-state index contributed by atoms with van der Waals surface area (Å²) in [5, 5.41) is 0. The van der Waals surface area contributed by atoms with Gasteiger partial charge in [-0.3, -0.25) is 4.79 Å². The molecule has 0 aromatic rings. The van der Waals surface area contributed by atoms with Gasteiger partial charge in [-0.25, -0.2) is 4.79 Å². The lowest BCUT2D eigenvalue weighted by Gasteiger charge is -2.29. The van der Waals surface area contributed by atoms with E-state index < -0.39 is 5.97 Å². The Balaban J connectivity index is 2.43. The van der Waals surface area contributed by atoms with Gasteiger partial charge in [-0.15, -0.1) is 0 Å². The van der Waals surface area contributed by atoms with Gasteiger partial charge in [0.2, 0.25) is 5.91 Å². The number of rotatable bonds is 5. The number of ether oxygens (including phenoxy) is 2. The van der Waals surface area contributed by atoms with Crippen LogP contribution >= 0.6 is 0 Å². The van der Waals surface area contributed by atoms with Crippen molar-refractivity contribution in [3.63, 3.8) is 0 Å². The Morgan fingerprint density at radius 2 is 2.00 bits per heavy atom. The molecule has 1 aliphatic heterocycles. The van der Waals surface area contributed by atoms with Gasteiger partial charge < -0.3 is 14.4 Å². The molecule has 0 aromatic heterocycles. The van der Waals surface area contributed by atoms with E-state index in [0.29, 0.717) is 44.9 Å². The van der Waals surface area contributed by atoms with Gasteiger partial charge in [-0.1, -0.05) is 13.5 Å². The van der Waals surface area contributed by atoms with Crippen LogP contribution in [0.5, 0.6) is 0 Å². The zero-order valence-corrected chi connectivity index (χ0v) is 11.1. The molecule has 1 atom stereocenters. The normalized spacial score (nSPS) is 17.1. The van der Waals surface area contributed by atoms with Crippen LogP contribution in [0.1, 0.15) is 20.3 Å². The van der Waals surface area contributed by atoms with Crippen molar-refractivity contribution in [1.29, 1.82) is 0 Å². The second-order valence-electron chi connectivity index (χ2n) is 4.37. The molecule has 0 aliphatic carbocycles. The largest absolute Gasteiger partial charge is 0.463 e. The summed E-state index contributed by atoms with van der Waals surface area (Å²) in [7, 11) is 0. The Kier molecular flexibility index (Phi) is 5.85. The van der Waals surface area contributed by atoms with E-state index in [1.807, 2.05) is 6.92 Å². The van der Waals surface area contributed by atoms with Crippen molar-refractivity contribution >= 4 is 11.9 Å². The molecule has 18 heavy (non-hydrogen) atoms. The SMILES string of the molecule is C=C(CC(C)C(=O)N1CCOCC1)C(=O)OCC. The summed E-state index contributed by atoms with van der Waals surface area (Å²) < 4.78 is 10.0. The first-order valence-corrected chi connectivity index (χ1v) is 6.27. The summed E-state index contributed by atoms with van der Waals surface area (Å²) in [6.45, 7) is 9.95. The number of esters is 1. The van der Waals surface area contributed by atoms with E-state index in [9.17, 15) is 9.59 Å². The molecular formula is C13H21NO4. The van der Waals surface area contributed by atoms with Gasteiger partial charge in [-0.05, 0) is 13.3 Å². The van der Waals surface area contributed by atoms with Crippen LogP contribution < -0.4 is 0 Å². The molecule has 1 fully saturated rings. The zero-order valence-electron chi connectivity index (χ0n) is 11.1. The lowest BCUT2D eigenvalue weighted by molar-refractivity contribution is -0.140. The van der Waals surface area contributed by atoms with Gasteiger partial charge in [0.15, 0.2) is 0 Å². The zero-order chi connectivity index (χ0) is 13.5. The van der Waals surface area contributed by atoms with Crippen LogP contribution in [0.3, 0.4) is 0 Å². The lowest BCUT2D eigenvalue weighted by Crippen LogP contribution is -2.43. The summed E-state index contributed by atoms with van der Waals surface area (Å²) >= 11 is 0. The molecule has 1 aliphatic rings. The van der Waals surface area contributed by atoms with Crippen molar-refractivity contribution in [1.82, 2.24) is 4.90 Å². The van der Waals surface area contributed by atoms with Crippen LogP contribution in [0.25, 0.3) is 0 Å². The quantitative estimate of drug-likeness (QED) is 0.543. The Hall–Kier alpha value is -1.36. The minimum absolute atomic E-state index is 0.0451. The van der Waals surface area contributed by atoms with E-state index in [0.717, 1.165) is 0 Å². The molecule has 0 radical (unpaired) electrons. The summed E-state index contributed by atoms with van der Waals surface area (Å²) in [6.07, 6.45) is 0.342. The van der Waals surface area contributed by atoms with E-state index in [1.165, 1.54) is 0 Å². The van der Waals surface area contributed by atoms with E-state index in [2.05, 4.69) is 6.58 Å². The van der Waals surface area contributed by atoms with E-state index in [1.54, 1.807) is 11.8 Å². The molecule has 5 heteroatoms. The van der Waals surface area contributed by atoms with Gasteiger partial charge in [0.05, 0.1) is 19.8 Å². The van der Waals surface area contributed by atoms with E-state index in [4.69, 9.17) is 9.47 Å². The van der Waals surface area contributed by atoms with Crippen LogP contribution in [0.15, 0.2) is 12.2 Å². The molecular weight excluding hydrogens is 234 g/mol. The molecule has 0 N–H and O–H groups in total. The number of morpholine rings is 1. The maximum Gasteiger partial charge on any atom is 0.333 e. The molecule has 1 heterocycles. The van der Waals surface area contributed by atoms with Crippen molar-refractivity contribution in [3.8, 4) is 0 Å². The molecule has 0 aromatic carbocycles. The van der Waals surface area contributed by atoms with Crippen LogP contribution in [0.2, 0.25) is 0 Å². The highest BCUT2D eigenvalue weighted by molar-refractivity contribution is 5.89. The van der Waals surface area contributed by atoms with Gasteiger partial charge in [0.25, 0.3) is 0 Å². The monoisotopic (exact) mass is 255 g/mol. The lowest BCUT2D eigenvalue weighted by atomic mass is 10.0. The Morgan fingerprint density at radius 3 is 2.56 bits per heavy atom. The summed E-state index contributed by atoms with van der Waals surface area (Å²) in [5.41, 5.74) is 0.353. The highest BCUT2D eigenvalue weighted by Crippen LogP contribution is 2.15. The molecule has 1 rings (SSSR count). The first kappa shape index (κ1) is 14.7. The molecule has 0 saturated carbocycles. The first-order chi connectivity index (χ1) is 8.56. The van der Waals surface area contributed by atoms with E-state index in [-0.39, 0.29) is 11.8 Å². The maximum absolute atomic E-state index is 12.1. The standard InChI is InChI=1S/C13H21NO4/c1-4-18-13(16)11(3)9-10(2)12(15)14-5-7-17-8-6-14/h10H,3-9H2,1-2H3. The summed E-state index contributed by atoms with van der Waals surface area (Å²) in [5.74, 6) is -0.622. The van der Waals surface area contributed by atoms with Gasteiger partial charge in [-0.2, -0.15) is 0 Å². The summed E-state index contributed by atoms with van der Waals surface area (Å²) in [4.78, 5) is 25.3. The van der Waals surface area contributed by atoms with Crippen molar-refractivity contribution in [2.45, 2.75) is 20.3 Å². The third-order valence-corrected chi connectivity index (χ3v) is 2.86. The Bertz CT molecular complexity index is 321. The molecule has 102 valence electrons. The molecule has 0 spiro atoms. The molecule has 1 saturated heterocycles. The minimum atomic E-state index is -0.417. The average Bonchev–Trinajstić information content (AvgIpc) is 2.39. The number of hydrogen-bond donors (Lipinski definition) is 0. The molecule has 1 amide bonds. The predicted octanol–water partition coefficient (Wildman–Crippen LogP) is 0.991. The van der Waals surface area contributed by atoms with Crippen LogP contribution in [-0.4, -0.2) is 49.7 Å². The highest BCUT2D eigenvalue weighted by atomic mass is 16.5. The second-order valence-corrected chi connectivity index (χ2v) is 4.37. The van der Waals surface area contributed by atoms with E-state index >= 15 is 0 Å². The molecule has 1 unspecified atom stereocenters. The van der Waals surface area contributed by atoms with Crippen LogP contribution in [0.4, 0.5) is 0 Å².